The standard InChI is InChI=1S/C21H23N5OS/c1-4-14-25(18-8-6-5-7-9-18)20(27)15-28-21-22-23-24-26(21)19-12-10-17(11-13-19)16(2)3/h4-13,16H,1,14-15H2,2-3H3. The molecule has 0 fully saturated rings. The van der Waals surface area contributed by atoms with Gasteiger partial charge >= 0.3 is 0 Å². The molecule has 1 amide bonds. The Kier molecular flexibility index (Phi) is 6.60. The van der Waals surface area contributed by atoms with E-state index in [2.05, 4.69) is 48.1 Å². The minimum atomic E-state index is -0.0270. The smallest absolute Gasteiger partial charge is 0.237 e. The first-order chi connectivity index (χ1) is 13.6. The van der Waals surface area contributed by atoms with Gasteiger partial charge < -0.3 is 4.90 Å². The van der Waals surface area contributed by atoms with Gasteiger partial charge in [-0.3, -0.25) is 4.79 Å². The molecule has 0 saturated heterocycles. The van der Waals surface area contributed by atoms with Crippen LogP contribution in [0.5, 0.6) is 0 Å². The van der Waals surface area contributed by atoms with Gasteiger partial charge in [-0.2, -0.15) is 4.68 Å². The molecule has 0 bridgehead atoms. The molecule has 6 nitrogen and oxygen atoms in total. The Bertz CT molecular complexity index is 921. The summed E-state index contributed by atoms with van der Waals surface area (Å²) in [5.41, 5.74) is 2.97. The second-order valence-electron chi connectivity index (χ2n) is 6.54. The number of anilines is 1. The van der Waals surface area contributed by atoms with Gasteiger partial charge in [-0.25, -0.2) is 0 Å². The fourth-order valence-electron chi connectivity index (χ4n) is 2.72. The van der Waals surface area contributed by atoms with Crippen LogP contribution in [0.4, 0.5) is 5.69 Å². The molecule has 0 radical (unpaired) electrons. The van der Waals surface area contributed by atoms with Crippen molar-refractivity contribution in [2.45, 2.75) is 24.9 Å². The van der Waals surface area contributed by atoms with E-state index >= 15 is 0 Å². The summed E-state index contributed by atoms with van der Waals surface area (Å²) in [6.07, 6.45) is 1.72. The summed E-state index contributed by atoms with van der Waals surface area (Å²) in [6.45, 7) is 8.51. The van der Waals surface area contributed by atoms with Crippen molar-refractivity contribution in [2.24, 2.45) is 0 Å². The van der Waals surface area contributed by atoms with Gasteiger partial charge in [0.1, 0.15) is 0 Å². The molecule has 0 atom stereocenters. The van der Waals surface area contributed by atoms with Gasteiger partial charge in [0.2, 0.25) is 11.1 Å². The van der Waals surface area contributed by atoms with Crippen LogP contribution in [-0.4, -0.2) is 38.4 Å². The Morgan fingerprint density at radius 3 is 2.54 bits per heavy atom. The zero-order valence-corrected chi connectivity index (χ0v) is 16.8. The van der Waals surface area contributed by atoms with Crippen molar-refractivity contribution in [3.63, 3.8) is 0 Å². The maximum Gasteiger partial charge on any atom is 0.237 e. The topological polar surface area (TPSA) is 63.9 Å². The summed E-state index contributed by atoms with van der Waals surface area (Å²) in [7, 11) is 0. The highest BCUT2D eigenvalue weighted by Crippen LogP contribution is 2.22. The lowest BCUT2D eigenvalue weighted by Crippen LogP contribution is -2.32. The third kappa shape index (κ3) is 4.67. The maximum atomic E-state index is 12.8. The third-order valence-electron chi connectivity index (χ3n) is 4.25. The average Bonchev–Trinajstić information content (AvgIpc) is 3.19. The van der Waals surface area contributed by atoms with Gasteiger partial charge in [-0.05, 0) is 46.2 Å². The van der Waals surface area contributed by atoms with Gasteiger partial charge in [-0.1, -0.05) is 62.0 Å². The number of amides is 1. The highest BCUT2D eigenvalue weighted by Gasteiger charge is 2.17. The SMILES string of the molecule is C=CCN(C(=O)CSc1nnnn1-c1ccc(C(C)C)cc1)c1ccccc1. The number of benzene rings is 2. The number of hydrogen-bond acceptors (Lipinski definition) is 5. The quantitative estimate of drug-likeness (QED) is 0.426. The van der Waals surface area contributed by atoms with E-state index in [9.17, 15) is 4.79 Å². The minimum Gasteiger partial charge on any atom is -0.308 e. The highest BCUT2D eigenvalue weighted by atomic mass is 32.2. The Morgan fingerprint density at radius 2 is 1.89 bits per heavy atom. The number of carbonyl (C=O) groups is 1. The number of carbonyl (C=O) groups excluding carboxylic acids is 1. The fourth-order valence-corrected chi connectivity index (χ4v) is 3.49. The van der Waals surface area contributed by atoms with E-state index < -0.39 is 0 Å². The molecule has 28 heavy (non-hydrogen) atoms. The second kappa shape index (κ2) is 9.32. The molecule has 144 valence electrons. The first-order valence-corrected chi connectivity index (χ1v) is 10.1. The van der Waals surface area contributed by atoms with E-state index in [0.29, 0.717) is 17.6 Å². The molecule has 0 spiro atoms. The van der Waals surface area contributed by atoms with Crippen LogP contribution in [0.1, 0.15) is 25.3 Å². The van der Waals surface area contributed by atoms with Crippen LogP contribution in [0, 0.1) is 0 Å². The molecule has 0 unspecified atom stereocenters. The molecular formula is C21H23N5OS. The lowest BCUT2D eigenvalue weighted by atomic mass is 10.0. The number of tetrazole rings is 1. The van der Waals surface area contributed by atoms with Crippen molar-refractivity contribution in [1.82, 2.24) is 20.2 Å². The maximum absolute atomic E-state index is 12.8. The molecule has 1 heterocycles. The van der Waals surface area contributed by atoms with E-state index in [4.69, 9.17) is 0 Å². The van der Waals surface area contributed by atoms with Crippen molar-refractivity contribution in [3.8, 4) is 5.69 Å². The molecule has 1 aromatic heterocycles. The number of hydrogen-bond donors (Lipinski definition) is 0. The van der Waals surface area contributed by atoms with Crippen LogP contribution in [0.3, 0.4) is 0 Å². The van der Waals surface area contributed by atoms with E-state index in [1.54, 1.807) is 15.7 Å². The van der Waals surface area contributed by atoms with Crippen LogP contribution in [0.15, 0.2) is 72.4 Å². The number of thioether (sulfide) groups is 1. The van der Waals surface area contributed by atoms with Crippen LogP contribution in [0.2, 0.25) is 0 Å². The van der Waals surface area contributed by atoms with Crippen molar-refractivity contribution in [2.75, 3.05) is 17.2 Å². The highest BCUT2D eigenvalue weighted by molar-refractivity contribution is 7.99. The molecule has 3 rings (SSSR count). The zero-order valence-electron chi connectivity index (χ0n) is 16.0. The van der Waals surface area contributed by atoms with Crippen molar-refractivity contribution in [3.05, 3.63) is 72.8 Å². The lowest BCUT2D eigenvalue weighted by Gasteiger charge is -2.21. The van der Waals surface area contributed by atoms with Crippen molar-refractivity contribution in [1.29, 1.82) is 0 Å². The lowest BCUT2D eigenvalue weighted by molar-refractivity contribution is -0.116. The summed E-state index contributed by atoms with van der Waals surface area (Å²) >= 11 is 1.32. The summed E-state index contributed by atoms with van der Waals surface area (Å²) < 4.78 is 1.66. The van der Waals surface area contributed by atoms with Crippen LogP contribution in [0.25, 0.3) is 5.69 Å². The van der Waals surface area contributed by atoms with Crippen LogP contribution < -0.4 is 4.90 Å². The monoisotopic (exact) mass is 393 g/mol. The van der Waals surface area contributed by atoms with Crippen molar-refractivity contribution >= 4 is 23.4 Å². The molecular weight excluding hydrogens is 370 g/mol. The fraction of sp³-hybridized carbons (Fsp3) is 0.238. The van der Waals surface area contributed by atoms with E-state index in [0.717, 1.165) is 11.4 Å². The number of para-hydroxylation sites is 1. The number of rotatable bonds is 8. The first-order valence-electron chi connectivity index (χ1n) is 9.08. The predicted octanol–water partition coefficient (Wildman–Crippen LogP) is 4.10. The van der Waals surface area contributed by atoms with Gasteiger partial charge in [0.05, 0.1) is 11.4 Å². The van der Waals surface area contributed by atoms with Gasteiger partial charge in [0.15, 0.2) is 0 Å². The Morgan fingerprint density at radius 1 is 1.18 bits per heavy atom. The van der Waals surface area contributed by atoms with Gasteiger partial charge in [0, 0.05) is 12.2 Å². The Labute approximate surface area is 169 Å². The summed E-state index contributed by atoms with van der Waals surface area (Å²) in [5, 5.41) is 12.5. The Balaban J connectivity index is 1.72. The molecule has 0 aliphatic carbocycles. The van der Waals surface area contributed by atoms with Gasteiger partial charge in [-0.15, -0.1) is 11.7 Å². The summed E-state index contributed by atoms with van der Waals surface area (Å²) in [6, 6.07) is 17.7. The van der Waals surface area contributed by atoms with E-state index in [-0.39, 0.29) is 11.7 Å². The first kappa shape index (κ1) is 19.8. The zero-order chi connectivity index (χ0) is 19.9. The normalized spacial score (nSPS) is 10.8. The third-order valence-corrected chi connectivity index (χ3v) is 5.15. The van der Waals surface area contributed by atoms with Gasteiger partial charge in [0.25, 0.3) is 0 Å². The molecule has 0 N–H and O–H groups in total. The molecule has 3 aromatic rings. The summed E-state index contributed by atoms with van der Waals surface area (Å²) in [5.74, 6) is 0.664. The van der Waals surface area contributed by atoms with Crippen LogP contribution >= 0.6 is 11.8 Å². The predicted molar refractivity (Wildman–Crippen MR) is 113 cm³/mol. The minimum absolute atomic E-state index is 0.0270. The molecule has 0 aliphatic heterocycles. The average molecular weight is 394 g/mol. The Hall–Kier alpha value is -2.93. The largest absolute Gasteiger partial charge is 0.308 e. The number of aromatic nitrogens is 4. The van der Waals surface area contributed by atoms with Crippen molar-refractivity contribution < 1.29 is 4.79 Å². The second-order valence-corrected chi connectivity index (χ2v) is 7.48. The summed E-state index contributed by atoms with van der Waals surface area (Å²) in [4.78, 5) is 14.5. The molecule has 0 saturated carbocycles. The van der Waals surface area contributed by atoms with E-state index in [1.807, 2.05) is 42.5 Å². The van der Waals surface area contributed by atoms with E-state index in [1.165, 1.54) is 17.3 Å². The number of nitrogens with zero attached hydrogens (tertiary/aromatic N) is 5. The molecule has 0 aliphatic rings. The molecule has 2 aromatic carbocycles. The van der Waals surface area contributed by atoms with Crippen LogP contribution in [-0.2, 0) is 4.79 Å². The molecule has 7 heteroatoms.